The first kappa shape index (κ1) is 14.9. The van der Waals surface area contributed by atoms with E-state index < -0.39 is 0 Å². The van der Waals surface area contributed by atoms with E-state index in [0.29, 0.717) is 16.9 Å². The number of carbonyl (C=O) groups is 1. The van der Waals surface area contributed by atoms with E-state index in [4.69, 9.17) is 5.73 Å². The molecule has 25 heavy (non-hydrogen) atoms. The van der Waals surface area contributed by atoms with E-state index in [1.807, 2.05) is 30.3 Å². The number of pyridine rings is 1. The molecule has 4 aromatic rings. The molecule has 0 spiro atoms. The molecule has 0 atom stereocenters. The van der Waals surface area contributed by atoms with Crippen molar-refractivity contribution in [2.45, 2.75) is 0 Å². The molecule has 2 aromatic heterocycles. The average Bonchev–Trinajstić information content (AvgIpc) is 3.06. The Morgan fingerprint density at radius 2 is 1.92 bits per heavy atom. The van der Waals surface area contributed by atoms with Crippen LogP contribution in [0, 0.1) is 0 Å². The number of imidazole rings is 1. The van der Waals surface area contributed by atoms with Crippen molar-refractivity contribution >= 4 is 28.3 Å². The summed E-state index contributed by atoms with van der Waals surface area (Å²) in [7, 11) is 0. The Balaban J connectivity index is 1.64. The second-order valence-electron chi connectivity index (χ2n) is 5.64. The molecule has 0 saturated carbocycles. The van der Waals surface area contributed by atoms with Gasteiger partial charge in [-0.1, -0.05) is 0 Å². The highest BCUT2D eigenvalue weighted by Crippen LogP contribution is 2.22. The minimum absolute atomic E-state index is 0.196. The number of hydrogen-bond donors (Lipinski definition) is 3. The van der Waals surface area contributed by atoms with Gasteiger partial charge in [0, 0.05) is 23.0 Å². The summed E-state index contributed by atoms with van der Waals surface area (Å²) < 4.78 is 0. The largest absolute Gasteiger partial charge is 0.399 e. The van der Waals surface area contributed by atoms with Gasteiger partial charge in [0.15, 0.2) is 0 Å². The minimum Gasteiger partial charge on any atom is -0.399 e. The highest BCUT2D eigenvalue weighted by atomic mass is 16.1. The van der Waals surface area contributed by atoms with Crippen LogP contribution in [0.1, 0.15) is 10.4 Å². The van der Waals surface area contributed by atoms with E-state index in [9.17, 15) is 4.79 Å². The van der Waals surface area contributed by atoms with Crippen LogP contribution in [-0.2, 0) is 0 Å². The number of fused-ring (bicyclic) bond motifs is 1. The highest BCUT2D eigenvalue weighted by Gasteiger charge is 2.10. The molecular formula is C19H15N5O. The van der Waals surface area contributed by atoms with E-state index in [2.05, 4.69) is 20.3 Å². The number of nitrogens with zero attached hydrogens (tertiary/aromatic N) is 2. The third kappa shape index (κ3) is 3.05. The zero-order valence-corrected chi connectivity index (χ0v) is 13.2. The fourth-order valence-corrected chi connectivity index (χ4v) is 2.57. The molecule has 0 bridgehead atoms. The van der Waals surface area contributed by atoms with Crippen molar-refractivity contribution in [2.75, 3.05) is 11.1 Å². The summed E-state index contributed by atoms with van der Waals surface area (Å²) >= 11 is 0. The van der Waals surface area contributed by atoms with E-state index in [0.717, 1.165) is 22.4 Å². The number of carbonyl (C=O) groups excluding carboxylic acids is 1. The molecule has 6 heteroatoms. The quantitative estimate of drug-likeness (QED) is 0.501. The topological polar surface area (TPSA) is 96.7 Å². The van der Waals surface area contributed by atoms with Gasteiger partial charge < -0.3 is 16.0 Å². The van der Waals surface area contributed by atoms with E-state index >= 15 is 0 Å². The number of hydrogen-bond acceptors (Lipinski definition) is 4. The molecule has 0 aliphatic heterocycles. The average molecular weight is 329 g/mol. The number of benzene rings is 2. The predicted molar refractivity (Wildman–Crippen MR) is 98.1 cm³/mol. The standard InChI is InChI=1S/C19H15N5O/c20-14-6-3-12(4-7-14)18-23-16-8-5-13(10-17(16)24-18)19(25)22-15-2-1-9-21-11-15/h1-11H,20H2,(H,22,25)(H,23,24). The lowest BCUT2D eigenvalue weighted by molar-refractivity contribution is 0.102. The van der Waals surface area contributed by atoms with E-state index in [1.165, 1.54) is 0 Å². The van der Waals surface area contributed by atoms with Crippen LogP contribution >= 0.6 is 0 Å². The normalized spacial score (nSPS) is 10.7. The van der Waals surface area contributed by atoms with Crippen LogP contribution < -0.4 is 11.1 Å². The second-order valence-corrected chi connectivity index (χ2v) is 5.64. The summed E-state index contributed by atoms with van der Waals surface area (Å²) in [5, 5.41) is 2.82. The molecule has 1 amide bonds. The summed E-state index contributed by atoms with van der Waals surface area (Å²) in [6.07, 6.45) is 3.26. The first-order valence-corrected chi connectivity index (χ1v) is 7.76. The van der Waals surface area contributed by atoms with Gasteiger partial charge in [-0.05, 0) is 54.6 Å². The molecule has 4 N–H and O–H groups in total. The third-order valence-corrected chi connectivity index (χ3v) is 3.85. The molecule has 6 nitrogen and oxygen atoms in total. The Bertz CT molecular complexity index is 1040. The smallest absolute Gasteiger partial charge is 0.255 e. The number of aromatic nitrogens is 3. The number of aromatic amines is 1. The van der Waals surface area contributed by atoms with E-state index in [-0.39, 0.29) is 5.91 Å². The number of nitrogen functional groups attached to an aromatic ring is 1. The molecule has 0 radical (unpaired) electrons. The van der Waals surface area contributed by atoms with Crippen molar-refractivity contribution < 1.29 is 4.79 Å². The van der Waals surface area contributed by atoms with Crippen molar-refractivity contribution in [3.05, 3.63) is 72.6 Å². The van der Waals surface area contributed by atoms with Gasteiger partial charge in [-0.25, -0.2) is 4.98 Å². The van der Waals surface area contributed by atoms with Crippen LogP contribution in [0.15, 0.2) is 67.0 Å². The Labute approximate surface area is 143 Å². The van der Waals surface area contributed by atoms with Crippen LogP contribution in [-0.4, -0.2) is 20.9 Å². The maximum atomic E-state index is 12.4. The van der Waals surface area contributed by atoms with Gasteiger partial charge in [-0.2, -0.15) is 0 Å². The highest BCUT2D eigenvalue weighted by molar-refractivity contribution is 6.06. The lowest BCUT2D eigenvalue weighted by Crippen LogP contribution is -2.11. The third-order valence-electron chi connectivity index (χ3n) is 3.85. The zero-order valence-electron chi connectivity index (χ0n) is 13.2. The van der Waals surface area contributed by atoms with Crippen LogP contribution in [0.4, 0.5) is 11.4 Å². The molecule has 122 valence electrons. The predicted octanol–water partition coefficient (Wildman–Crippen LogP) is 3.46. The molecule has 2 aromatic carbocycles. The van der Waals surface area contributed by atoms with Crippen molar-refractivity contribution in [2.24, 2.45) is 0 Å². The lowest BCUT2D eigenvalue weighted by Gasteiger charge is -2.04. The second kappa shape index (κ2) is 6.09. The van der Waals surface area contributed by atoms with Crippen LogP contribution in [0.3, 0.4) is 0 Å². The SMILES string of the molecule is Nc1ccc(-c2nc3ccc(C(=O)Nc4cccnc4)cc3[nH]2)cc1. The lowest BCUT2D eigenvalue weighted by atomic mass is 10.2. The van der Waals surface area contributed by atoms with E-state index in [1.54, 1.807) is 36.7 Å². The summed E-state index contributed by atoms with van der Waals surface area (Å²) in [6.45, 7) is 0. The maximum absolute atomic E-state index is 12.4. The minimum atomic E-state index is -0.196. The first-order valence-electron chi connectivity index (χ1n) is 7.76. The van der Waals surface area contributed by atoms with Crippen molar-refractivity contribution in [1.82, 2.24) is 15.0 Å². The Hall–Kier alpha value is -3.67. The van der Waals surface area contributed by atoms with Gasteiger partial charge in [-0.15, -0.1) is 0 Å². The van der Waals surface area contributed by atoms with Crippen LogP contribution in [0.2, 0.25) is 0 Å². The molecule has 0 saturated heterocycles. The Morgan fingerprint density at radius 1 is 1.08 bits per heavy atom. The fraction of sp³-hybridized carbons (Fsp3) is 0. The van der Waals surface area contributed by atoms with Gasteiger partial charge in [0.25, 0.3) is 5.91 Å². The zero-order chi connectivity index (χ0) is 17.2. The summed E-state index contributed by atoms with van der Waals surface area (Å²) in [6, 6.07) is 16.4. The number of amides is 1. The molecule has 0 aliphatic rings. The van der Waals surface area contributed by atoms with Crippen molar-refractivity contribution in [3.63, 3.8) is 0 Å². The fourth-order valence-electron chi connectivity index (χ4n) is 2.57. The molecule has 0 aliphatic carbocycles. The Morgan fingerprint density at radius 3 is 2.68 bits per heavy atom. The molecule has 2 heterocycles. The molecule has 0 unspecified atom stereocenters. The Kier molecular flexibility index (Phi) is 3.63. The summed E-state index contributed by atoms with van der Waals surface area (Å²) in [4.78, 5) is 24.2. The van der Waals surface area contributed by atoms with Crippen molar-refractivity contribution in [1.29, 1.82) is 0 Å². The summed E-state index contributed by atoms with van der Waals surface area (Å²) in [5.74, 6) is 0.540. The van der Waals surface area contributed by atoms with Gasteiger partial charge >= 0.3 is 0 Å². The number of anilines is 2. The summed E-state index contributed by atoms with van der Waals surface area (Å²) in [5.41, 5.74) is 10.1. The number of rotatable bonds is 3. The van der Waals surface area contributed by atoms with Gasteiger partial charge in [0.1, 0.15) is 5.82 Å². The monoisotopic (exact) mass is 329 g/mol. The molecule has 4 rings (SSSR count). The van der Waals surface area contributed by atoms with Crippen LogP contribution in [0.25, 0.3) is 22.4 Å². The molecule has 0 fully saturated rings. The maximum Gasteiger partial charge on any atom is 0.255 e. The van der Waals surface area contributed by atoms with Gasteiger partial charge in [0.2, 0.25) is 0 Å². The number of H-pyrrole nitrogens is 1. The number of nitrogens with one attached hydrogen (secondary N) is 2. The number of nitrogens with two attached hydrogens (primary N) is 1. The molecular weight excluding hydrogens is 314 g/mol. The van der Waals surface area contributed by atoms with Gasteiger partial charge in [-0.3, -0.25) is 9.78 Å². The van der Waals surface area contributed by atoms with Gasteiger partial charge in [0.05, 0.1) is 22.9 Å². The van der Waals surface area contributed by atoms with Crippen LogP contribution in [0.5, 0.6) is 0 Å². The van der Waals surface area contributed by atoms with Crippen molar-refractivity contribution in [3.8, 4) is 11.4 Å². The first-order chi connectivity index (χ1) is 12.2.